The largest absolute Gasteiger partial charge is 0.508 e. The molecule has 0 fully saturated rings. The van der Waals surface area contributed by atoms with Crippen LogP contribution in [0.2, 0.25) is 0 Å². The quantitative estimate of drug-likeness (QED) is 0.727. The average molecular weight is 194 g/mol. The number of hydrogen-bond acceptors (Lipinski definition) is 3. The molecule has 0 spiro atoms. The highest BCUT2D eigenvalue weighted by Crippen LogP contribution is 2.16. The Kier molecular flexibility index (Phi) is 3.48. The molecule has 1 aromatic carbocycles. The number of likely N-dealkylation sites (N-methyl/N-ethyl adjacent to an activating group) is 1. The second-order valence-corrected chi connectivity index (χ2v) is 3.08. The number of para-hydroxylation sites is 1. The molecular formula is C10H14N2O2. The van der Waals surface area contributed by atoms with E-state index < -0.39 is 0 Å². The van der Waals surface area contributed by atoms with Crippen LogP contribution in [0.5, 0.6) is 5.75 Å². The van der Waals surface area contributed by atoms with Gasteiger partial charge in [0.1, 0.15) is 5.75 Å². The lowest BCUT2D eigenvalue weighted by Gasteiger charge is -2.16. The van der Waals surface area contributed by atoms with Crippen LogP contribution in [-0.4, -0.2) is 29.5 Å². The van der Waals surface area contributed by atoms with E-state index >= 15 is 0 Å². The fraction of sp³-hybridized carbons (Fsp3) is 0.300. The summed E-state index contributed by atoms with van der Waals surface area (Å²) in [6.07, 6.45) is 0. The van der Waals surface area contributed by atoms with Crippen molar-refractivity contribution < 1.29 is 9.90 Å². The molecule has 4 heteroatoms. The van der Waals surface area contributed by atoms with Crippen LogP contribution in [0.4, 0.5) is 0 Å². The Morgan fingerprint density at radius 1 is 1.50 bits per heavy atom. The van der Waals surface area contributed by atoms with E-state index in [-0.39, 0.29) is 18.2 Å². The van der Waals surface area contributed by atoms with E-state index in [4.69, 9.17) is 5.73 Å². The summed E-state index contributed by atoms with van der Waals surface area (Å²) in [5, 5.41) is 9.44. The molecule has 0 aliphatic rings. The summed E-state index contributed by atoms with van der Waals surface area (Å²) in [4.78, 5) is 12.6. The molecule has 0 atom stereocenters. The fourth-order valence-corrected chi connectivity index (χ4v) is 1.14. The van der Waals surface area contributed by atoms with Crippen LogP contribution < -0.4 is 5.73 Å². The van der Waals surface area contributed by atoms with E-state index in [2.05, 4.69) is 0 Å². The summed E-state index contributed by atoms with van der Waals surface area (Å²) in [6, 6.07) is 6.92. The van der Waals surface area contributed by atoms with Gasteiger partial charge in [-0.15, -0.1) is 0 Å². The first-order valence-electron chi connectivity index (χ1n) is 4.36. The fourth-order valence-electron chi connectivity index (χ4n) is 1.14. The van der Waals surface area contributed by atoms with Gasteiger partial charge in [-0.2, -0.15) is 0 Å². The van der Waals surface area contributed by atoms with E-state index in [1.165, 1.54) is 4.90 Å². The first-order chi connectivity index (χ1) is 6.65. The number of carbonyl (C=O) groups excluding carboxylic acids is 1. The Labute approximate surface area is 82.9 Å². The van der Waals surface area contributed by atoms with Crippen LogP contribution in [-0.2, 0) is 11.3 Å². The van der Waals surface area contributed by atoms with E-state index in [0.29, 0.717) is 6.54 Å². The molecular weight excluding hydrogens is 180 g/mol. The van der Waals surface area contributed by atoms with Crippen LogP contribution in [0, 0.1) is 0 Å². The van der Waals surface area contributed by atoms with E-state index in [1.807, 2.05) is 6.07 Å². The topological polar surface area (TPSA) is 66.6 Å². The summed E-state index contributed by atoms with van der Waals surface area (Å²) in [6.45, 7) is 0.368. The highest BCUT2D eigenvalue weighted by atomic mass is 16.3. The van der Waals surface area contributed by atoms with Gasteiger partial charge < -0.3 is 15.7 Å². The van der Waals surface area contributed by atoms with Crippen molar-refractivity contribution in [3.8, 4) is 5.75 Å². The minimum absolute atomic E-state index is 0.00983. The summed E-state index contributed by atoms with van der Waals surface area (Å²) >= 11 is 0. The minimum atomic E-state index is -0.145. The van der Waals surface area contributed by atoms with E-state index in [0.717, 1.165) is 5.56 Å². The monoisotopic (exact) mass is 194 g/mol. The molecule has 76 valence electrons. The van der Waals surface area contributed by atoms with Gasteiger partial charge in [0.2, 0.25) is 5.91 Å². The molecule has 0 saturated heterocycles. The molecule has 14 heavy (non-hydrogen) atoms. The van der Waals surface area contributed by atoms with Gasteiger partial charge in [0.15, 0.2) is 0 Å². The Morgan fingerprint density at radius 3 is 2.71 bits per heavy atom. The highest BCUT2D eigenvalue weighted by Gasteiger charge is 2.08. The number of amides is 1. The number of phenolic OH excluding ortho intramolecular Hbond substituents is 1. The van der Waals surface area contributed by atoms with Gasteiger partial charge in [-0.05, 0) is 6.07 Å². The van der Waals surface area contributed by atoms with Crippen LogP contribution in [0.1, 0.15) is 5.56 Å². The standard InChI is InChI=1S/C10H14N2O2/c1-12(10(14)6-11)7-8-4-2-3-5-9(8)13/h2-5,13H,6-7,11H2,1H3. The third-order valence-electron chi connectivity index (χ3n) is 2.00. The van der Waals surface area contributed by atoms with Crippen molar-refractivity contribution in [2.24, 2.45) is 5.73 Å². The molecule has 0 aliphatic heterocycles. The summed E-state index contributed by atoms with van der Waals surface area (Å²) in [5.74, 6) is 0.0532. The summed E-state index contributed by atoms with van der Waals surface area (Å²) < 4.78 is 0. The number of nitrogens with zero attached hydrogens (tertiary/aromatic N) is 1. The smallest absolute Gasteiger partial charge is 0.236 e. The average Bonchev–Trinajstić information content (AvgIpc) is 2.20. The van der Waals surface area contributed by atoms with E-state index in [9.17, 15) is 9.90 Å². The maximum absolute atomic E-state index is 11.1. The lowest BCUT2D eigenvalue weighted by Crippen LogP contribution is -2.32. The van der Waals surface area contributed by atoms with Crippen molar-refractivity contribution in [1.82, 2.24) is 4.90 Å². The lowest BCUT2D eigenvalue weighted by molar-refractivity contribution is -0.128. The van der Waals surface area contributed by atoms with Gasteiger partial charge in [-0.25, -0.2) is 0 Å². The van der Waals surface area contributed by atoms with Gasteiger partial charge in [-0.3, -0.25) is 4.79 Å². The SMILES string of the molecule is CN(Cc1ccccc1O)C(=O)CN. The number of aromatic hydroxyl groups is 1. The predicted octanol–water partition coefficient (Wildman–Crippen LogP) is 0.309. The summed E-state index contributed by atoms with van der Waals surface area (Å²) in [7, 11) is 1.65. The predicted molar refractivity (Wildman–Crippen MR) is 53.6 cm³/mol. The second kappa shape index (κ2) is 4.62. The lowest BCUT2D eigenvalue weighted by atomic mass is 10.2. The Balaban J connectivity index is 2.69. The zero-order valence-electron chi connectivity index (χ0n) is 8.10. The number of hydrogen-bond donors (Lipinski definition) is 2. The first-order valence-corrected chi connectivity index (χ1v) is 4.36. The molecule has 4 nitrogen and oxygen atoms in total. The van der Waals surface area contributed by atoms with Gasteiger partial charge in [0.25, 0.3) is 0 Å². The number of benzene rings is 1. The molecule has 0 heterocycles. The third kappa shape index (κ3) is 2.47. The van der Waals surface area contributed by atoms with Crippen LogP contribution in [0.15, 0.2) is 24.3 Å². The van der Waals surface area contributed by atoms with Crippen molar-refractivity contribution in [2.75, 3.05) is 13.6 Å². The van der Waals surface area contributed by atoms with Gasteiger partial charge in [-0.1, -0.05) is 18.2 Å². The highest BCUT2D eigenvalue weighted by molar-refractivity contribution is 5.77. The Morgan fingerprint density at radius 2 is 2.14 bits per heavy atom. The van der Waals surface area contributed by atoms with Gasteiger partial charge in [0.05, 0.1) is 6.54 Å². The molecule has 0 aliphatic carbocycles. The molecule has 3 N–H and O–H groups in total. The number of carbonyl (C=O) groups is 1. The molecule has 0 radical (unpaired) electrons. The molecule has 0 saturated carbocycles. The van der Waals surface area contributed by atoms with Crippen molar-refractivity contribution in [3.05, 3.63) is 29.8 Å². The molecule has 0 unspecified atom stereocenters. The van der Waals surface area contributed by atoms with Crippen molar-refractivity contribution in [2.45, 2.75) is 6.54 Å². The van der Waals surface area contributed by atoms with Crippen molar-refractivity contribution in [3.63, 3.8) is 0 Å². The first kappa shape index (κ1) is 10.5. The molecule has 1 aromatic rings. The zero-order valence-corrected chi connectivity index (χ0v) is 8.10. The normalized spacial score (nSPS) is 9.86. The van der Waals surface area contributed by atoms with Gasteiger partial charge in [0, 0.05) is 19.2 Å². The third-order valence-corrected chi connectivity index (χ3v) is 2.00. The minimum Gasteiger partial charge on any atom is -0.508 e. The van der Waals surface area contributed by atoms with Crippen molar-refractivity contribution in [1.29, 1.82) is 0 Å². The summed E-state index contributed by atoms with van der Waals surface area (Å²) in [5.41, 5.74) is 5.93. The van der Waals surface area contributed by atoms with Crippen LogP contribution in [0.3, 0.4) is 0 Å². The maximum atomic E-state index is 11.1. The number of rotatable bonds is 3. The molecule has 1 rings (SSSR count). The van der Waals surface area contributed by atoms with Crippen LogP contribution in [0.25, 0.3) is 0 Å². The van der Waals surface area contributed by atoms with E-state index in [1.54, 1.807) is 25.2 Å². The Hall–Kier alpha value is -1.55. The van der Waals surface area contributed by atoms with Crippen molar-refractivity contribution >= 4 is 5.91 Å². The maximum Gasteiger partial charge on any atom is 0.236 e. The molecule has 0 aromatic heterocycles. The van der Waals surface area contributed by atoms with Crippen LogP contribution >= 0.6 is 0 Å². The zero-order chi connectivity index (χ0) is 10.6. The Bertz CT molecular complexity index is 326. The molecule has 0 bridgehead atoms. The molecule has 1 amide bonds. The number of nitrogens with two attached hydrogens (primary N) is 1. The second-order valence-electron chi connectivity index (χ2n) is 3.08. The number of phenols is 1. The van der Waals surface area contributed by atoms with Gasteiger partial charge >= 0.3 is 0 Å².